The molecule has 4 aromatic rings. The van der Waals surface area contributed by atoms with Gasteiger partial charge >= 0.3 is 0 Å². The number of rotatable bonds is 8. The normalized spacial score (nSPS) is 11.1. The number of nitrogens with zero attached hydrogens (tertiary/aromatic N) is 3. The third-order valence-corrected chi connectivity index (χ3v) is 6.58. The quantitative estimate of drug-likeness (QED) is 0.329. The van der Waals surface area contributed by atoms with Crippen LogP contribution in [-0.2, 0) is 23.5 Å². The molecule has 0 spiro atoms. The van der Waals surface area contributed by atoms with Crippen molar-refractivity contribution < 1.29 is 4.79 Å². The monoisotopic (exact) mass is 456 g/mol. The molecule has 0 radical (unpaired) electrons. The van der Waals surface area contributed by atoms with Crippen LogP contribution in [0.2, 0.25) is 5.02 Å². The topological polar surface area (TPSA) is 59.8 Å². The molecule has 0 saturated heterocycles. The van der Waals surface area contributed by atoms with Gasteiger partial charge in [0.25, 0.3) is 0 Å². The van der Waals surface area contributed by atoms with Crippen LogP contribution in [-0.4, -0.2) is 20.4 Å². The van der Waals surface area contributed by atoms with Gasteiger partial charge in [-0.05, 0) is 36.8 Å². The molecule has 0 unspecified atom stereocenters. The Bertz CT molecular complexity index is 1160. The van der Waals surface area contributed by atoms with Gasteiger partial charge in [-0.2, -0.15) is 0 Å². The molecular weight excluding hydrogens is 436 g/mol. The maximum absolute atomic E-state index is 12.2. The molecule has 8 heteroatoms. The zero-order valence-corrected chi connectivity index (χ0v) is 18.9. The van der Waals surface area contributed by atoms with Crippen molar-refractivity contribution in [3.05, 3.63) is 69.6 Å². The first-order valence-corrected chi connectivity index (χ1v) is 11.9. The van der Waals surface area contributed by atoms with Crippen LogP contribution >= 0.6 is 34.7 Å². The van der Waals surface area contributed by atoms with Crippen molar-refractivity contribution in [1.29, 1.82) is 0 Å². The van der Waals surface area contributed by atoms with Crippen molar-refractivity contribution >= 4 is 57.3 Å². The van der Waals surface area contributed by atoms with Crippen molar-refractivity contribution in [2.75, 3.05) is 5.32 Å². The number of halogens is 1. The standard InChI is InChI=1S/C22H21ClN4OS2/c1-2-10-27-19-9-8-15(23)11-18(19)26-22(27)30-14-17-13-29-21(25-17)12-20(28)24-16-6-4-3-5-7-16/h3-9,11,13H,2,10,12,14H2,1H3,(H,24,28). The number of hydrogen-bond donors (Lipinski definition) is 1. The Hall–Kier alpha value is -2.35. The summed E-state index contributed by atoms with van der Waals surface area (Å²) in [6, 6.07) is 15.3. The van der Waals surface area contributed by atoms with E-state index in [1.165, 1.54) is 11.3 Å². The van der Waals surface area contributed by atoms with E-state index in [2.05, 4.69) is 21.8 Å². The predicted octanol–water partition coefficient (Wildman–Crippen LogP) is 6.03. The van der Waals surface area contributed by atoms with E-state index < -0.39 is 0 Å². The second kappa shape index (κ2) is 9.64. The number of thiazole rings is 1. The van der Waals surface area contributed by atoms with Gasteiger partial charge in [-0.3, -0.25) is 4.79 Å². The molecule has 4 rings (SSSR count). The van der Waals surface area contributed by atoms with Crippen molar-refractivity contribution in [2.24, 2.45) is 0 Å². The molecule has 0 atom stereocenters. The average Bonchev–Trinajstić information content (AvgIpc) is 3.31. The van der Waals surface area contributed by atoms with Crippen LogP contribution in [0, 0.1) is 0 Å². The molecule has 5 nitrogen and oxygen atoms in total. The van der Waals surface area contributed by atoms with Crippen molar-refractivity contribution in [3.8, 4) is 0 Å². The smallest absolute Gasteiger partial charge is 0.231 e. The fraction of sp³-hybridized carbons (Fsp3) is 0.227. The van der Waals surface area contributed by atoms with Crippen LogP contribution in [0.25, 0.3) is 11.0 Å². The molecule has 0 fully saturated rings. The minimum Gasteiger partial charge on any atom is -0.326 e. The minimum atomic E-state index is -0.0589. The lowest BCUT2D eigenvalue weighted by Crippen LogP contribution is -2.14. The summed E-state index contributed by atoms with van der Waals surface area (Å²) in [5.74, 6) is 0.647. The number of nitrogens with one attached hydrogen (secondary N) is 1. The number of fused-ring (bicyclic) bond motifs is 1. The van der Waals surface area contributed by atoms with E-state index in [9.17, 15) is 4.79 Å². The number of carbonyl (C=O) groups excluding carboxylic acids is 1. The highest BCUT2D eigenvalue weighted by Crippen LogP contribution is 2.29. The van der Waals surface area contributed by atoms with Gasteiger partial charge in [0.15, 0.2) is 5.16 Å². The van der Waals surface area contributed by atoms with E-state index in [1.54, 1.807) is 11.8 Å². The molecule has 0 aliphatic heterocycles. The summed E-state index contributed by atoms with van der Waals surface area (Å²) in [6.45, 7) is 3.06. The van der Waals surface area contributed by atoms with Crippen LogP contribution < -0.4 is 5.32 Å². The summed E-state index contributed by atoms with van der Waals surface area (Å²) in [6.07, 6.45) is 1.30. The lowest BCUT2D eigenvalue weighted by atomic mass is 10.3. The number of hydrogen-bond acceptors (Lipinski definition) is 5. The molecule has 1 amide bonds. The zero-order chi connectivity index (χ0) is 20.9. The van der Waals surface area contributed by atoms with E-state index in [0.29, 0.717) is 10.8 Å². The summed E-state index contributed by atoms with van der Waals surface area (Å²) in [4.78, 5) is 21.6. The first-order valence-electron chi connectivity index (χ1n) is 9.69. The summed E-state index contributed by atoms with van der Waals surface area (Å²) >= 11 is 9.30. The van der Waals surface area contributed by atoms with Crippen LogP contribution in [0.3, 0.4) is 0 Å². The van der Waals surface area contributed by atoms with Gasteiger partial charge in [-0.15, -0.1) is 11.3 Å². The second-order valence-corrected chi connectivity index (χ2v) is 9.11. The number of anilines is 1. The van der Waals surface area contributed by atoms with Gasteiger partial charge in [0, 0.05) is 28.4 Å². The minimum absolute atomic E-state index is 0.0589. The maximum atomic E-state index is 12.2. The number of amides is 1. The molecule has 30 heavy (non-hydrogen) atoms. The molecule has 2 aromatic carbocycles. The fourth-order valence-electron chi connectivity index (χ4n) is 3.13. The van der Waals surface area contributed by atoms with Crippen LogP contribution in [0.4, 0.5) is 5.69 Å². The van der Waals surface area contributed by atoms with Crippen LogP contribution in [0.5, 0.6) is 0 Å². The number of carbonyl (C=O) groups is 1. The Kier molecular flexibility index (Phi) is 6.72. The van der Waals surface area contributed by atoms with Crippen LogP contribution in [0.1, 0.15) is 24.0 Å². The van der Waals surface area contributed by atoms with Crippen LogP contribution in [0.15, 0.2) is 59.1 Å². The zero-order valence-electron chi connectivity index (χ0n) is 16.5. The van der Waals surface area contributed by atoms with E-state index >= 15 is 0 Å². The van der Waals surface area contributed by atoms with E-state index in [1.807, 2.05) is 53.9 Å². The number of para-hydroxylation sites is 1. The predicted molar refractivity (Wildman–Crippen MR) is 125 cm³/mol. The fourth-order valence-corrected chi connectivity index (χ4v) is 5.13. The molecule has 0 saturated carbocycles. The Labute approximate surface area is 188 Å². The molecule has 154 valence electrons. The first kappa shape index (κ1) is 20.9. The van der Waals surface area contributed by atoms with Gasteiger partial charge < -0.3 is 9.88 Å². The molecule has 0 aliphatic rings. The van der Waals surface area contributed by atoms with Gasteiger partial charge in [-0.25, -0.2) is 9.97 Å². The van der Waals surface area contributed by atoms with Gasteiger partial charge in [0.1, 0.15) is 5.01 Å². The lowest BCUT2D eigenvalue weighted by Gasteiger charge is -2.06. The summed E-state index contributed by atoms with van der Waals surface area (Å²) < 4.78 is 2.23. The molecule has 2 heterocycles. The van der Waals surface area contributed by atoms with Crippen molar-refractivity contribution in [1.82, 2.24) is 14.5 Å². The Morgan fingerprint density at radius 2 is 2.03 bits per heavy atom. The maximum Gasteiger partial charge on any atom is 0.231 e. The first-order chi connectivity index (χ1) is 14.6. The molecular formula is C22H21ClN4OS2. The highest BCUT2D eigenvalue weighted by molar-refractivity contribution is 7.98. The summed E-state index contributed by atoms with van der Waals surface area (Å²) in [5, 5.41) is 7.38. The third-order valence-electron chi connectivity index (χ3n) is 4.44. The molecule has 2 aromatic heterocycles. The highest BCUT2D eigenvalue weighted by Gasteiger charge is 2.13. The molecule has 0 bridgehead atoms. The van der Waals surface area contributed by atoms with E-state index in [-0.39, 0.29) is 12.3 Å². The van der Waals surface area contributed by atoms with E-state index in [4.69, 9.17) is 16.6 Å². The summed E-state index contributed by atoms with van der Waals surface area (Å²) in [7, 11) is 0. The van der Waals surface area contributed by atoms with Gasteiger partial charge in [0.05, 0.1) is 23.1 Å². The van der Waals surface area contributed by atoms with Crippen molar-refractivity contribution in [3.63, 3.8) is 0 Å². The largest absolute Gasteiger partial charge is 0.326 e. The van der Waals surface area contributed by atoms with Gasteiger partial charge in [0.2, 0.25) is 5.91 Å². The second-order valence-electron chi connectivity index (χ2n) is 6.79. The SMILES string of the molecule is CCCn1c(SCc2csc(CC(=O)Nc3ccccc3)n2)nc2cc(Cl)ccc21. The number of thioether (sulfide) groups is 1. The summed E-state index contributed by atoms with van der Waals surface area (Å²) in [5.41, 5.74) is 3.76. The molecule has 0 aliphatic carbocycles. The van der Waals surface area contributed by atoms with E-state index in [0.717, 1.165) is 45.5 Å². The number of aryl methyl sites for hydroxylation is 1. The third kappa shape index (κ3) is 5.03. The Balaban J connectivity index is 1.41. The average molecular weight is 457 g/mol. The Morgan fingerprint density at radius 1 is 1.20 bits per heavy atom. The highest BCUT2D eigenvalue weighted by atomic mass is 35.5. The lowest BCUT2D eigenvalue weighted by molar-refractivity contribution is -0.115. The number of imidazole rings is 1. The molecule has 1 N–H and O–H groups in total. The van der Waals surface area contributed by atoms with Crippen molar-refractivity contribution in [2.45, 2.75) is 37.2 Å². The van der Waals surface area contributed by atoms with Gasteiger partial charge in [-0.1, -0.05) is 48.5 Å². The Morgan fingerprint density at radius 3 is 2.83 bits per heavy atom. The number of aromatic nitrogens is 3. The number of benzene rings is 2.